The summed E-state index contributed by atoms with van der Waals surface area (Å²) in [6, 6.07) is 16.3. The fourth-order valence-corrected chi connectivity index (χ4v) is 5.32. The normalized spacial score (nSPS) is 23.0. The molecule has 2 aromatic carbocycles. The molecule has 4 rings (SSSR count). The molecule has 1 aliphatic carbocycles. The van der Waals surface area contributed by atoms with Gasteiger partial charge in [-0.1, -0.05) is 54.1 Å². The number of amides is 3. The second-order valence-corrected chi connectivity index (χ2v) is 10.6. The Morgan fingerprint density at radius 2 is 1.84 bits per heavy atom. The Labute approximate surface area is 223 Å². The molecule has 1 saturated carbocycles. The highest BCUT2D eigenvalue weighted by molar-refractivity contribution is 6.30. The zero-order chi connectivity index (χ0) is 26.7. The van der Waals surface area contributed by atoms with Crippen LogP contribution < -0.4 is 0 Å². The standard InChI is InChI=1S/C29H34ClN3O4/c1-18(2)37-28(35)25-19(3)31-29(36)33(26(25)21-12-8-13-22(30)16-21)15-9-14-32(4)27(34)24-17-23(24)20-10-6-5-7-11-20/h5-8,10-13,16,18,23-26H,9,14-15,17H2,1-4H3. The number of halogens is 1. The Morgan fingerprint density at radius 3 is 2.51 bits per heavy atom. The van der Waals surface area contributed by atoms with Gasteiger partial charge in [0.25, 0.3) is 0 Å². The van der Waals surface area contributed by atoms with E-state index in [1.54, 1.807) is 55.8 Å². The zero-order valence-corrected chi connectivity index (χ0v) is 22.5. The summed E-state index contributed by atoms with van der Waals surface area (Å²) in [7, 11) is 1.81. The van der Waals surface area contributed by atoms with Crippen molar-refractivity contribution in [3.05, 3.63) is 70.7 Å². The van der Waals surface area contributed by atoms with Gasteiger partial charge in [0.15, 0.2) is 0 Å². The van der Waals surface area contributed by atoms with Crippen molar-refractivity contribution in [3.8, 4) is 0 Å². The summed E-state index contributed by atoms with van der Waals surface area (Å²) in [5.41, 5.74) is 2.36. The Bertz CT molecular complexity index is 1180. The van der Waals surface area contributed by atoms with Crippen molar-refractivity contribution in [1.29, 1.82) is 0 Å². The molecule has 196 valence electrons. The second-order valence-electron chi connectivity index (χ2n) is 10.2. The van der Waals surface area contributed by atoms with Gasteiger partial charge in [-0.25, -0.2) is 9.79 Å². The average Bonchev–Trinajstić information content (AvgIpc) is 3.65. The maximum atomic E-state index is 13.1. The molecular formula is C29H34ClN3O4. The summed E-state index contributed by atoms with van der Waals surface area (Å²) < 4.78 is 5.54. The summed E-state index contributed by atoms with van der Waals surface area (Å²) in [6.07, 6.45) is 1.12. The number of carbonyl (C=O) groups excluding carboxylic acids is 3. The van der Waals surface area contributed by atoms with Gasteiger partial charge in [-0.2, -0.15) is 0 Å². The number of esters is 1. The number of benzene rings is 2. The second kappa shape index (κ2) is 11.5. The molecule has 4 unspecified atom stereocenters. The van der Waals surface area contributed by atoms with Crippen molar-refractivity contribution in [2.45, 2.75) is 51.7 Å². The first kappa shape index (κ1) is 26.9. The summed E-state index contributed by atoms with van der Waals surface area (Å²) in [6.45, 7) is 6.10. The van der Waals surface area contributed by atoms with Crippen LogP contribution in [0.1, 0.15) is 56.7 Å². The first-order valence-corrected chi connectivity index (χ1v) is 13.2. The van der Waals surface area contributed by atoms with Crippen molar-refractivity contribution >= 4 is 35.2 Å². The number of aliphatic imine (C=N–C) groups is 1. The van der Waals surface area contributed by atoms with Gasteiger partial charge in [0.2, 0.25) is 5.91 Å². The molecule has 1 heterocycles. The van der Waals surface area contributed by atoms with Gasteiger partial charge in [0.1, 0.15) is 5.92 Å². The molecule has 3 amide bonds. The molecule has 7 nitrogen and oxygen atoms in total. The maximum absolute atomic E-state index is 13.1. The Balaban J connectivity index is 1.46. The molecule has 1 fully saturated rings. The van der Waals surface area contributed by atoms with Gasteiger partial charge in [0.05, 0.1) is 12.1 Å². The van der Waals surface area contributed by atoms with Crippen LogP contribution in [0.3, 0.4) is 0 Å². The minimum atomic E-state index is -0.740. The van der Waals surface area contributed by atoms with E-state index in [1.807, 2.05) is 24.3 Å². The van der Waals surface area contributed by atoms with Gasteiger partial charge < -0.3 is 14.5 Å². The van der Waals surface area contributed by atoms with Gasteiger partial charge in [-0.15, -0.1) is 0 Å². The summed E-state index contributed by atoms with van der Waals surface area (Å²) in [5.74, 6) is -0.761. The molecule has 2 aliphatic rings. The van der Waals surface area contributed by atoms with Crippen molar-refractivity contribution in [3.63, 3.8) is 0 Å². The first-order chi connectivity index (χ1) is 17.7. The third-order valence-corrected chi connectivity index (χ3v) is 7.25. The molecule has 0 bridgehead atoms. The topological polar surface area (TPSA) is 79.3 Å². The highest BCUT2D eigenvalue weighted by atomic mass is 35.5. The van der Waals surface area contributed by atoms with Gasteiger partial charge in [-0.3, -0.25) is 9.59 Å². The summed E-state index contributed by atoms with van der Waals surface area (Å²) in [4.78, 5) is 46.7. The molecule has 4 atom stereocenters. The maximum Gasteiger partial charge on any atom is 0.344 e. The van der Waals surface area contributed by atoms with Crippen molar-refractivity contribution < 1.29 is 19.1 Å². The van der Waals surface area contributed by atoms with E-state index in [4.69, 9.17) is 16.3 Å². The van der Waals surface area contributed by atoms with Crippen LogP contribution >= 0.6 is 11.6 Å². The molecule has 1 aliphatic heterocycles. The predicted octanol–water partition coefficient (Wildman–Crippen LogP) is 5.50. The van der Waals surface area contributed by atoms with Crippen LogP contribution in [0.15, 0.2) is 59.6 Å². The van der Waals surface area contributed by atoms with E-state index in [2.05, 4.69) is 17.1 Å². The van der Waals surface area contributed by atoms with Crippen molar-refractivity contribution in [1.82, 2.24) is 9.80 Å². The third-order valence-electron chi connectivity index (χ3n) is 7.02. The molecule has 0 aromatic heterocycles. The Kier molecular flexibility index (Phi) is 8.32. The minimum Gasteiger partial charge on any atom is -0.462 e. The Hall–Kier alpha value is -3.19. The lowest BCUT2D eigenvalue weighted by molar-refractivity contribution is -0.151. The van der Waals surface area contributed by atoms with Gasteiger partial charge >= 0.3 is 12.0 Å². The predicted molar refractivity (Wildman–Crippen MR) is 144 cm³/mol. The van der Waals surface area contributed by atoms with E-state index >= 15 is 0 Å². The summed E-state index contributed by atoms with van der Waals surface area (Å²) in [5, 5.41) is 0.517. The lowest BCUT2D eigenvalue weighted by atomic mass is 9.86. The lowest BCUT2D eigenvalue weighted by Gasteiger charge is -2.39. The molecule has 0 spiro atoms. The van der Waals surface area contributed by atoms with Crippen molar-refractivity contribution in [2.75, 3.05) is 20.1 Å². The van der Waals surface area contributed by atoms with Crippen LogP contribution in [-0.4, -0.2) is 59.7 Å². The van der Waals surface area contributed by atoms with Crippen LogP contribution in [0.2, 0.25) is 5.02 Å². The van der Waals surface area contributed by atoms with E-state index in [9.17, 15) is 14.4 Å². The molecule has 8 heteroatoms. The fraction of sp³-hybridized carbons (Fsp3) is 0.448. The van der Waals surface area contributed by atoms with Crippen LogP contribution in [0, 0.1) is 11.8 Å². The molecule has 2 aromatic rings. The largest absolute Gasteiger partial charge is 0.462 e. The van der Waals surface area contributed by atoms with E-state index in [0.717, 1.165) is 12.0 Å². The van der Waals surface area contributed by atoms with Crippen LogP contribution in [-0.2, 0) is 14.3 Å². The number of nitrogens with zero attached hydrogens (tertiary/aromatic N) is 3. The van der Waals surface area contributed by atoms with E-state index in [1.165, 1.54) is 5.56 Å². The number of carbonyl (C=O) groups is 3. The molecular weight excluding hydrogens is 490 g/mol. The van der Waals surface area contributed by atoms with Crippen molar-refractivity contribution in [2.24, 2.45) is 16.8 Å². The van der Waals surface area contributed by atoms with Gasteiger partial charge in [-0.05, 0) is 62.8 Å². The van der Waals surface area contributed by atoms with Crippen LogP contribution in [0.4, 0.5) is 4.79 Å². The zero-order valence-electron chi connectivity index (χ0n) is 21.8. The smallest absolute Gasteiger partial charge is 0.344 e. The minimum absolute atomic E-state index is 0.00524. The lowest BCUT2D eigenvalue weighted by Crippen LogP contribution is -2.48. The average molecular weight is 524 g/mol. The third kappa shape index (κ3) is 6.21. The highest BCUT2D eigenvalue weighted by Crippen LogP contribution is 2.48. The highest BCUT2D eigenvalue weighted by Gasteiger charge is 2.45. The summed E-state index contributed by atoms with van der Waals surface area (Å²) >= 11 is 6.27. The number of hydrogen-bond acceptors (Lipinski definition) is 4. The number of rotatable bonds is 9. The monoisotopic (exact) mass is 523 g/mol. The number of hydrogen-bond donors (Lipinski definition) is 0. The first-order valence-electron chi connectivity index (χ1n) is 12.8. The number of ether oxygens (including phenoxy) is 1. The quantitative estimate of drug-likeness (QED) is 0.407. The Morgan fingerprint density at radius 1 is 1.14 bits per heavy atom. The molecule has 0 radical (unpaired) electrons. The van der Waals surface area contributed by atoms with Crippen LogP contribution in [0.25, 0.3) is 0 Å². The van der Waals surface area contributed by atoms with E-state index in [0.29, 0.717) is 30.2 Å². The van der Waals surface area contributed by atoms with Crippen LogP contribution in [0.5, 0.6) is 0 Å². The molecule has 37 heavy (non-hydrogen) atoms. The van der Waals surface area contributed by atoms with E-state index in [-0.39, 0.29) is 23.8 Å². The number of urea groups is 1. The van der Waals surface area contributed by atoms with Gasteiger partial charge in [0, 0.05) is 36.8 Å². The fourth-order valence-electron chi connectivity index (χ4n) is 5.12. The van der Waals surface area contributed by atoms with E-state index < -0.39 is 24.0 Å². The SMILES string of the molecule is CC1=NC(=O)N(CCCN(C)C(=O)C2CC2c2ccccc2)C(c2cccc(Cl)c2)C1C(=O)OC(C)C. The molecule has 0 saturated heterocycles. The molecule has 0 N–H and O–H groups in total.